The molecule has 1 amide bonds. The van der Waals surface area contributed by atoms with E-state index in [4.69, 9.17) is 15.2 Å². The van der Waals surface area contributed by atoms with Gasteiger partial charge in [-0.15, -0.1) is 24.0 Å². The van der Waals surface area contributed by atoms with Gasteiger partial charge in [0.25, 0.3) is 0 Å². The summed E-state index contributed by atoms with van der Waals surface area (Å²) >= 11 is 0. The zero-order valence-corrected chi connectivity index (χ0v) is 21.7. The monoisotopic (exact) mass is 572 g/mol. The van der Waals surface area contributed by atoms with Crippen molar-refractivity contribution < 1.29 is 18.7 Å². The summed E-state index contributed by atoms with van der Waals surface area (Å²) in [6, 6.07) is 12.1. The van der Waals surface area contributed by atoms with E-state index >= 15 is 0 Å². The van der Waals surface area contributed by atoms with Gasteiger partial charge < -0.3 is 25.8 Å². The lowest BCUT2D eigenvalue weighted by Crippen LogP contribution is -2.42. The number of guanidine groups is 1. The van der Waals surface area contributed by atoms with Crippen LogP contribution < -0.4 is 21.1 Å². The lowest BCUT2D eigenvalue weighted by Gasteiger charge is -2.18. The molecule has 0 aliphatic heterocycles. The highest BCUT2D eigenvalue weighted by Gasteiger charge is 2.17. The summed E-state index contributed by atoms with van der Waals surface area (Å²) in [5.41, 5.74) is 8.49. The topological polar surface area (TPSA) is 98.0 Å². The average Bonchev–Trinajstić information content (AvgIpc) is 2.78. The van der Waals surface area contributed by atoms with Crippen LogP contribution in [0.1, 0.15) is 23.6 Å². The smallest absolute Gasteiger partial charge is 0.222 e. The lowest BCUT2D eigenvalue weighted by molar-refractivity contribution is -0.121. The molecule has 2 aromatic rings. The summed E-state index contributed by atoms with van der Waals surface area (Å²) < 4.78 is 24.3. The Kier molecular flexibility index (Phi) is 13.4. The molecule has 0 saturated heterocycles. The van der Waals surface area contributed by atoms with Crippen molar-refractivity contribution in [3.8, 4) is 5.75 Å². The number of nitrogens with two attached hydrogens (primary N) is 1. The largest absolute Gasteiger partial charge is 0.491 e. The Balaban J connectivity index is 0.00000544. The van der Waals surface area contributed by atoms with Gasteiger partial charge in [-0.05, 0) is 49.6 Å². The van der Waals surface area contributed by atoms with E-state index in [-0.39, 0.29) is 29.8 Å². The van der Waals surface area contributed by atoms with Crippen LogP contribution in [0.5, 0.6) is 5.75 Å². The van der Waals surface area contributed by atoms with Crippen LogP contribution in [-0.4, -0.2) is 45.3 Å². The maximum absolute atomic E-state index is 13.1. The molecule has 0 spiro atoms. The summed E-state index contributed by atoms with van der Waals surface area (Å²) in [7, 11) is 1.66. The molecule has 2 rings (SSSR count). The number of aliphatic imine (C=N–C) groups is 1. The Hall–Kier alpha value is -2.40. The summed E-state index contributed by atoms with van der Waals surface area (Å²) in [4.78, 5) is 16.1. The summed E-state index contributed by atoms with van der Waals surface area (Å²) in [6.45, 7) is 6.41. The second-order valence-corrected chi connectivity index (χ2v) is 7.39. The SMILES string of the molecule is CCOCCOc1cc(C)ccc1CNC(=NC)NCC(Cc1ccc(F)cc1)C(N)=O.I. The molecule has 0 aliphatic carbocycles. The number of amides is 1. The number of ether oxygens (including phenoxy) is 2. The molecule has 0 bridgehead atoms. The van der Waals surface area contributed by atoms with Gasteiger partial charge >= 0.3 is 0 Å². The first-order valence-electron chi connectivity index (χ1n) is 10.7. The Labute approximate surface area is 212 Å². The van der Waals surface area contributed by atoms with Gasteiger partial charge in [-0.1, -0.05) is 24.3 Å². The van der Waals surface area contributed by atoms with E-state index < -0.39 is 11.8 Å². The average molecular weight is 572 g/mol. The summed E-state index contributed by atoms with van der Waals surface area (Å²) in [5, 5.41) is 6.39. The normalized spacial score (nSPS) is 11.9. The molecule has 0 radical (unpaired) electrons. The first-order chi connectivity index (χ1) is 15.4. The Morgan fingerprint density at radius 1 is 1.15 bits per heavy atom. The van der Waals surface area contributed by atoms with E-state index in [1.807, 2.05) is 32.0 Å². The Bertz CT molecular complexity index is 894. The molecule has 4 N–H and O–H groups in total. The van der Waals surface area contributed by atoms with Gasteiger partial charge in [-0.3, -0.25) is 9.79 Å². The molecule has 0 aromatic heterocycles. The first-order valence-corrected chi connectivity index (χ1v) is 10.7. The Morgan fingerprint density at radius 3 is 2.52 bits per heavy atom. The van der Waals surface area contributed by atoms with Gasteiger partial charge in [0.1, 0.15) is 18.2 Å². The van der Waals surface area contributed by atoms with Gasteiger partial charge in [0.05, 0.1) is 12.5 Å². The van der Waals surface area contributed by atoms with Gasteiger partial charge in [0.2, 0.25) is 5.91 Å². The molecule has 9 heteroatoms. The van der Waals surface area contributed by atoms with Crippen LogP contribution in [0.4, 0.5) is 4.39 Å². The fraction of sp³-hybridized carbons (Fsp3) is 0.417. The van der Waals surface area contributed by atoms with Crippen LogP contribution in [0.15, 0.2) is 47.5 Å². The van der Waals surface area contributed by atoms with Crippen molar-refractivity contribution in [3.63, 3.8) is 0 Å². The zero-order valence-electron chi connectivity index (χ0n) is 19.4. The molecule has 1 atom stereocenters. The molecule has 0 aliphatic rings. The Morgan fingerprint density at radius 2 is 1.88 bits per heavy atom. The highest BCUT2D eigenvalue weighted by atomic mass is 127. The number of aryl methyl sites for hydroxylation is 1. The minimum atomic E-state index is -0.462. The van der Waals surface area contributed by atoms with Crippen LogP contribution >= 0.6 is 24.0 Å². The molecule has 0 heterocycles. The van der Waals surface area contributed by atoms with Gasteiger partial charge in [-0.2, -0.15) is 0 Å². The third-order valence-electron chi connectivity index (χ3n) is 4.90. The maximum atomic E-state index is 13.1. The standard InChI is InChI=1S/C24H33FN4O3.HI/c1-4-31-11-12-32-22-13-17(2)5-8-19(22)15-28-24(27-3)29-16-20(23(26)30)14-18-6-9-21(25)10-7-18;/h5-10,13,20H,4,11-12,14-16H2,1-3H3,(H2,26,30)(H2,27,28,29);1H. The number of nitrogens with zero attached hydrogens (tertiary/aromatic N) is 1. The van der Waals surface area contributed by atoms with Crippen LogP contribution in [0.3, 0.4) is 0 Å². The molecule has 33 heavy (non-hydrogen) atoms. The van der Waals surface area contributed by atoms with E-state index in [9.17, 15) is 9.18 Å². The molecule has 0 saturated carbocycles. The molecule has 1 unspecified atom stereocenters. The fourth-order valence-electron chi connectivity index (χ4n) is 3.09. The first kappa shape index (κ1) is 28.6. The third-order valence-corrected chi connectivity index (χ3v) is 4.90. The van der Waals surface area contributed by atoms with Crippen molar-refractivity contribution in [2.24, 2.45) is 16.6 Å². The second-order valence-electron chi connectivity index (χ2n) is 7.39. The fourth-order valence-corrected chi connectivity index (χ4v) is 3.09. The zero-order chi connectivity index (χ0) is 23.3. The number of hydrogen-bond donors (Lipinski definition) is 3. The van der Waals surface area contributed by atoms with E-state index in [0.717, 1.165) is 22.4 Å². The number of nitrogens with one attached hydrogen (secondary N) is 2. The molecule has 7 nitrogen and oxygen atoms in total. The number of carbonyl (C=O) groups is 1. The third kappa shape index (κ3) is 10.4. The minimum Gasteiger partial charge on any atom is -0.491 e. The predicted octanol–water partition coefficient (Wildman–Crippen LogP) is 3.18. The number of halogens is 2. The quantitative estimate of drug-likeness (QED) is 0.157. The molecular weight excluding hydrogens is 538 g/mol. The summed E-state index contributed by atoms with van der Waals surface area (Å²) in [5.74, 6) is 0.122. The lowest BCUT2D eigenvalue weighted by atomic mass is 9.98. The van der Waals surface area contributed by atoms with Crippen molar-refractivity contribution in [3.05, 3.63) is 65.0 Å². The van der Waals surface area contributed by atoms with E-state index in [0.29, 0.717) is 45.3 Å². The number of rotatable bonds is 12. The van der Waals surface area contributed by atoms with E-state index in [2.05, 4.69) is 15.6 Å². The van der Waals surface area contributed by atoms with Crippen LogP contribution in [0, 0.1) is 18.7 Å². The van der Waals surface area contributed by atoms with Crippen molar-refractivity contribution >= 4 is 35.8 Å². The van der Waals surface area contributed by atoms with Crippen LogP contribution in [0.25, 0.3) is 0 Å². The van der Waals surface area contributed by atoms with Gasteiger partial charge in [0.15, 0.2) is 5.96 Å². The van der Waals surface area contributed by atoms with Crippen molar-refractivity contribution in [2.45, 2.75) is 26.8 Å². The number of primary amides is 1. The highest BCUT2D eigenvalue weighted by molar-refractivity contribution is 14.0. The van der Waals surface area contributed by atoms with Crippen molar-refractivity contribution in [1.29, 1.82) is 0 Å². The molecular formula is C24H34FIN4O3. The van der Waals surface area contributed by atoms with Crippen molar-refractivity contribution in [1.82, 2.24) is 10.6 Å². The van der Waals surface area contributed by atoms with Crippen LogP contribution in [0.2, 0.25) is 0 Å². The van der Waals surface area contributed by atoms with Gasteiger partial charge in [-0.25, -0.2) is 4.39 Å². The van der Waals surface area contributed by atoms with Gasteiger partial charge in [0, 0.05) is 32.3 Å². The molecule has 182 valence electrons. The minimum absolute atomic E-state index is 0. The van der Waals surface area contributed by atoms with Crippen LogP contribution in [-0.2, 0) is 22.5 Å². The number of carbonyl (C=O) groups excluding carboxylic acids is 1. The van der Waals surface area contributed by atoms with E-state index in [1.54, 1.807) is 19.2 Å². The van der Waals surface area contributed by atoms with Crippen molar-refractivity contribution in [2.75, 3.05) is 33.4 Å². The predicted molar refractivity (Wildman–Crippen MR) is 140 cm³/mol. The molecule has 0 fully saturated rings. The maximum Gasteiger partial charge on any atom is 0.222 e. The highest BCUT2D eigenvalue weighted by Crippen LogP contribution is 2.20. The molecule has 2 aromatic carbocycles. The van der Waals surface area contributed by atoms with E-state index in [1.165, 1.54) is 12.1 Å². The number of benzene rings is 2. The number of hydrogen-bond acceptors (Lipinski definition) is 4. The summed E-state index contributed by atoms with van der Waals surface area (Å²) in [6.07, 6.45) is 0.412. The second kappa shape index (κ2) is 15.4.